The van der Waals surface area contributed by atoms with E-state index in [4.69, 9.17) is 11.1 Å². The van der Waals surface area contributed by atoms with Crippen LogP contribution in [-0.2, 0) is 0 Å². The van der Waals surface area contributed by atoms with Gasteiger partial charge in [0.25, 0.3) is 0 Å². The van der Waals surface area contributed by atoms with Crippen LogP contribution in [0.25, 0.3) is 0 Å². The van der Waals surface area contributed by atoms with E-state index in [1.807, 2.05) is 0 Å². The number of hydrazine groups is 1. The quantitative estimate of drug-likeness (QED) is 0.412. The molecule has 50 valence electrons. The number of rotatable bonds is 2. The average molecular weight is 125 g/mol. The van der Waals surface area contributed by atoms with Crippen molar-refractivity contribution in [3.8, 4) is 6.07 Å². The van der Waals surface area contributed by atoms with Crippen LogP contribution in [0.5, 0.6) is 0 Å². The van der Waals surface area contributed by atoms with Crippen LogP contribution in [0.4, 0.5) is 0 Å². The summed E-state index contributed by atoms with van der Waals surface area (Å²) in [6.07, 6.45) is 3.85. The van der Waals surface area contributed by atoms with E-state index in [1.54, 1.807) is 0 Å². The zero-order valence-electron chi connectivity index (χ0n) is 5.35. The molecule has 1 fully saturated rings. The summed E-state index contributed by atoms with van der Waals surface area (Å²) in [4.78, 5) is 0. The van der Waals surface area contributed by atoms with E-state index >= 15 is 0 Å². The predicted octanol–water partition coefficient (Wildman–Crippen LogP) is 0.286. The van der Waals surface area contributed by atoms with E-state index < -0.39 is 0 Å². The first-order valence-electron chi connectivity index (χ1n) is 3.18. The molecular weight excluding hydrogens is 114 g/mol. The Kier molecular flexibility index (Phi) is 1.70. The van der Waals surface area contributed by atoms with Gasteiger partial charge in [0.15, 0.2) is 0 Å². The molecule has 3 heteroatoms. The Morgan fingerprint density at radius 3 is 2.44 bits per heavy atom. The molecule has 0 saturated heterocycles. The van der Waals surface area contributed by atoms with E-state index in [9.17, 15) is 0 Å². The van der Waals surface area contributed by atoms with Gasteiger partial charge in [0, 0.05) is 5.54 Å². The number of nitriles is 1. The topological polar surface area (TPSA) is 61.8 Å². The third-order valence-corrected chi connectivity index (χ3v) is 2.03. The van der Waals surface area contributed by atoms with Crippen LogP contribution in [0.2, 0.25) is 0 Å². The largest absolute Gasteiger partial charge is 0.271 e. The van der Waals surface area contributed by atoms with Gasteiger partial charge < -0.3 is 0 Å². The second kappa shape index (κ2) is 2.34. The summed E-state index contributed by atoms with van der Waals surface area (Å²) in [5, 5.41) is 8.35. The van der Waals surface area contributed by atoms with Gasteiger partial charge in [0.05, 0.1) is 12.5 Å². The maximum atomic E-state index is 8.35. The van der Waals surface area contributed by atoms with E-state index in [0.717, 1.165) is 12.8 Å². The van der Waals surface area contributed by atoms with Gasteiger partial charge in [-0.3, -0.25) is 11.3 Å². The van der Waals surface area contributed by atoms with Crippen LogP contribution >= 0.6 is 0 Å². The lowest BCUT2D eigenvalue weighted by Crippen LogP contribution is -2.54. The van der Waals surface area contributed by atoms with Crippen molar-refractivity contribution in [2.75, 3.05) is 0 Å². The highest BCUT2D eigenvalue weighted by Crippen LogP contribution is 2.33. The molecular formula is C6H11N3. The summed E-state index contributed by atoms with van der Waals surface area (Å²) in [6.45, 7) is 0. The Morgan fingerprint density at radius 2 is 2.33 bits per heavy atom. The van der Waals surface area contributed by atoms with Crippen LogP contribution in [-0.4, -0.2) is 5.54 Å². The summed E-state index contributed by atoms with van der Waals surface area (Å²) in [5.74, 6) is 5.25. The first-order valence-corrected chi connectivity index (χ1v) is 3.18. The standard InChI is InChI=1S/C6H11N3/c7-5-4-6(9-8)2-1-3-6/h9H,1-4,8H2. The highest BCUT2D eigenvalue weighted by Gasteiger charge is 2.35. The van der Waals surface area contributed by atoms with Crippen molar-refractivity contribution < 1.29 is 0 Å². The summed E-state index contributed by atoms with van der Waals surface area (Å²) < 4.78 is 0. The van der Waals surface area contributed by atoms with Gasteiger partial charge in [0.2, 0.25) is 0 Å². The Labute approximate surface area is 54.8 Å². The average Bonchev–Trinajstić information content (AvgIpc) is 1.79. The third kappa shape index (κ3) is 1.04. The fourth-order valence-electron chi connectivity index (χ4n) is 1.13. The molecule has 0 radical (unpaired) electrons. The molecule has 0 heterocycles. The molecule has 0 atom stereocenters. The lowest BCUT2D eigenvalue weighted by atomic mass is 9.75. The van der Waals surface area contributed by atoms with Gasteiger partial charge in [-0.05, 0) is 19.3 Å². The summed E-state index contributed by atoms with van der Waals surface area (Å²) in [6, 6.07) is 2.12. The number of hydrogen-bond acceptors (Lipinski definition) is 3. The summed E-state index contributed by atoms with van der Waals surface area (Å²) >= 11 is 0. The molecule has 0 aromatic rings. The highest BCUT2D eigenvalue weighted by atomic mass is 15.3. The van der Waals surface area contributed by atoms with Crippen molar-refractivity contribution in [2.24, 2.45) is 5.84 Å². The van der Waals surface area contributed by atoms with Gasteiger partial charge in [0.1, 0.15) is 0 Å². The molecule has 0 amide bonds. The highest BCUT2D eigenvalue weighted by molar-refractivity contribution is 5.00. The molecule has 0 aliphatic heterocycles. The van der Waals surface area contributed by atoms with E-state index in [1.165, 1.54) is 6.42 Å². The number of nitrogens with two attached hydrogens (primary N) is 1. The molecule has 0 bridgehead atoms. The zero-order valence-corrected chi connectivity index (χ0v) is 5.35. The fraction of sp³-hybridized carbons (Fsp3) is 0.833. The molecule has 0 unspecified atom stereocenters. The van der Waals surface area contributed by atoms with E-state index in [2.05, 4.69) is 11.5 Å². The van der Waals surface area contributed by atoms with Gasteiger partial charge in [-0.1, -0.05) is 0 Å². The van der Waals surface area contributed by atoms with Crippen LogP contribution in [0.3, 0.4) is 0 Å². The maximum Gasteiger partial charge on any atom is 0.0641 e. The molecule has 3 N–H and O–H groups in total. The van der Waals surface area contributed by atoms with Crippen molar-refractivity contribution in [3.63, 3.8) is 0 Å². The molecule has 9 heavy (non-hydrogen) atoms. The number of nitrogens with zero attached hydrogens (tertiary/aromatic N) is 1. The Bertz CT molecular complexity index is 126. The minimum atomic E-state index is -0.0191. The van der Waals surface area contributed by atoms with Crippen molar-refractivity contribution in [1.82, 2.24) is 5.43 Å². The molecule has 1 aliphatic rings. The maximum absolute atomic E-state index is 8.35. The first-order chi connectivity index (χ1) is 4.33. The van der Waals surface area contributed by atoms with Gasteiger partial charge in [-0.2, -0.15) is 5.26 Å². The van der Waals surface area contributed by atoms with Crippen LogP contribution in [0, 0.1) is 11.3 Å². The minimum Gasteiger partial charge on any atom is -0.271 e. The Morgan fingerprint density at radius 1 is 1.67 bits per heavy atom. The molecule has 1 aliphatic carbocycles. The monoisotopic (exact) mass is 125 g/mol. The van der Waals surface area contributed by atoms with Crippen LogP contribution in [0.1, 0.15) is 25.7 Å². The second-order valence-corrected chi connectivity index (χ2v) is 2.61. The van der Waals surface area contributed by atoms with Crippen LogP contribution < -0.4 is 11.3 Å². The zero-order chi connectivity index (χ0) is 6.74. The predicted molar refractivity (Wildman–Crippen MR) is 34.1 cm³/mol. The molecule has 3 nitrogen and oxygen atoms in total. The van der Waals surface area contributed by atoms with E-state index in [-0.39, 0.29) is 5.54 Å². The van der Waals surface area contributed by atoms with Crippen molar-refractivity contribution in [3.05, 3.63) is 0 Å². The summed E-state index contributed by atoms with van der Waals surface area (Å²) in [5.41, 5.74) is 2.67. The van der Waals surface area contributed by atoms with E-state index in [0.29, 0.717) is 6.42 Å². The Balaban J connectivity index is 2.39. The summed E-state index contributed by atoms with van der Waals surface area (Å²) in [7, 11) is 0. The van der Waals surface area contributed by atoms with Crippen molar-refractivity contribution >= 4 is 0 Å². The number of hydrogen-bond donors (Lipinski definition) is 2. The second-order valence-electron chi connectivity index (χ2n) is 2.61. The molecule has 0 spiro atoms. The lowest BCUT2D eigenvalue weighted by Gasteiger charge is -2.39. The Hall–Kier alpha value is -0.590. The molecule has 0 aromatic carbocycles. The van der Waals surface area contributed by atoms with Gasteiger partial charge >= 0.3 is 0 Å². The van der Waals surface area contributed by atoms with Crippen molar-refractivity contribution in [2.45, 2.75) is 31.2 Å². The van der Waals surface area contributed by atoms with Gasteiger partial charge in [-0.25, -0.2) is 0 Å². The fourth-order valence-corrected chi connectivity index (χ4v) is 1.13. The third-order valence-electron chi connectivity index (χ3n) is 2.03. The minimum absolute atomic E-state index is 0.0191. The molecule has 1 saturated carbocycles. The SMILES string of the molecule is N#CCC1(NN)CCC1. The molecule has 1 rings (SSSR count). The van der Waals surface area contributed by atoms with Crippen LogP contribution in [0.15, 0.2) is 0 Å². The van der Waals surface area contributed by atoms with Crippen molar-refractivity contribution in [1.29, 1.82) is 5.26 Å². The normalized spacial score (nSPS) is 22.2. The number of nitrogens with one attached hydrogen (secondary N) is 1. The first kappa shape index (κ1) is 6.53. The molecule has 0 aromatic heterocycles. The van der Waals surface area contributed by atoms with Gasteiger partial charge in [-0.15, -0.1) is 0 Å². The smallest absolute Gasteiger partial charge is 0.0641 e. The lowest BCUT2D eigenvalue weighted by molar-refractivity contribution is 0.191.